The number of anilines is 1. The van der Waals surface area contributed by atoms with Crippen LogP contribution in [0.25, 0.3) is 28.0 Å². The second-order valence-corrected chi connectivity index (χ2v) is 10.0. The summed E-state index contributed by atoms with van der Waals surface area (Å²) in [5.74, 6) is 1.14. The topological polar surface area (TPSA) is 139 Å². The normalized spacial score (nSPS) is 20.7. The molecule has 196 valence electrons. The minimum absolute atomic E-state index is 0.120. The van der Waals surface area contributed by atoms with Gasteiger partial charge in [0.05, 0.1) is 25.6 Å². The number of hydrogen-bond donors (Lipinski definition) is 3. The smallest absolute Gasteiger partial charge is 0.248 e. The number of nitrogens with zero attached hydrogens (tertiary/aromatic N) is 5. The first kappa shape index (κ1) is 24.3. The number of nitrogens with two attached hydrogens (primary N) is 1. The minimum Gasteiger partial charge on any atom is -0.496 e. The van der Waals surface area contributed by atoms with Crippen molar-refractivity contribution >= 4 is 17.4 Å². The van der Waals surface area contributed by atoms with Crippen LogP contribution in [-0.2, 0) is 11.4 Å². The number of amides is 1. The number of fused-ring (bicyclic) bond motifs is 3. The summed E-state index contributed by atoms with van der Waals surface area (Å²) in [4.78, 5) is 23.8. The van der Waals surface area contributed by atoms with E-state index in [0.29, 0.717) is 22.8 Å². The van der Waals surface area contributed by atoms with Crippen LogP contribution in [0.1, 0.15) is 42.9 Å². The number of hydrogen-bond acceptors (Lipinski definition) is 8. The third-order valence-electron chi connectivity index (χ3n) is 7.91. The van der Waals surface area contributed by atoms with Gasteiger partial charge < -0.3 is 25.6 Å². The summed E-state index contributed by atoms with van der Waals surface area (Å²) in [5.41, 5.74) is 12.0. The summed E-state index contributed by atoms with van der Waals surface area (Å²) in [6.07, 6.45) is 7.06. The molecule has 0 saturated carbocycles. The van der Waals surface area contributed by atoms with Crippen molar-refractivity contribution in [3.8, 4) is 28.1 Å². The van der Waals surface area contributed by atoms with E-state index in [2.05, 4.69) is 10.1 Å². The van der Waals surface area contributed by atoms with Gasteiger partial charge >= 0.3 is 0 Å². The molecule has 2 aliphatic rings. The van der Waals surface area contributed by atoms with Crippen LogP contribution in [0, 0.1) is 0 Å². The number of carbonyl (C=O) groups is 1. The molecular formula is C28H30N6O4. The second-order valence-electron chi connectivity index (χ2n) is 10.0. The van der Waals surface area contributed by atoms with Crippen LogP contribution in [0.2, 0.25) is 0 Å². The molecule has 6 rings (SSSR count). The number of nitrogen functional groups attached to an aromatic ring is 1. The van der Waals surface area contributed by atoms with Crippen molar-refractivity contribution in [3.63, 3.8) is 0 Å². The van der Waals surface area contributed by atoms with E-state index in [1.807, 2.05) is 41.3 Å². The van der Waals surface area contributed by atoms with Crippen molar-refractivity contribution in [2.75, 3.05) is 19.5 Å². The molecule has 4 N–H and O–H groups in total. The molecule has 1 aromatic carbocycles. The lowest BCUT2D eigenvalue weighted by Crippen LogP contribution is -2.47. The maximum atomic E-state index is 12.2. The Morgan fingerprint density at radius 3 is 2.50 bits per heavy atom. The standard InChI is InChI=1S/C28H30N6O4/c1-38-25-7-3-16(8-19(25)14-35)23-6-2-17(12-30-23)22-13-31-34-26(29)11-24(32-28(22)34)18-9-20-4-5-21(10-18)33(20)27(37)15-36/h2-3,6-8,11-13,18,20-21,35-36H,4-5,9-10,14-15,29H2,1H3/t18-,20+,21-. The number of pyridine rings is 1. The van der Waals surface area contributed by atoms with Gasteiger partial charge in [0, 0.05) is 58.2 Å². The molecule has 3 aromatic heterocycles. The number of aromatic nitrogens is 4. The molecule has 0 spiro atoms. The van der Waals surface area contributed by atoms with E-state index >= 15 is 0 Å². The number of rotatable bonds is 6. The number of aliphatic hydroxyl groups excluding tert-OH is 2. The number of methoxy groups -OCH3 is 1. The molecule has 5 heterocycles. The molecule has 2 fully saturated rings. The van der Waals surface area contributed by atoms with Gasteiger partial charge in [-0.1, -0.05) is 6.07 Å². The highest BCUT2D eigenvalue weighted by Crippen LogP contribution is 2.43. The minimum atomic E-state index is -0.443. The van der Waals surface area contributed by atoms with Crippen molar-refractivity contribution in [1.82, 2.24) is 24.5 Å². The fourth-order valence-corrected chi connectivity index (χ4v) is 6.11. The zero-order chi connectivity index (χ0) is 26.4. The molecule has 4 aromatic rings. The van der Waals surface area contributed by atoms with Crippen LogP contribution >= 0.6 is 0 Å². The average Bonchev–Trinajstić information content (AvgIpc) is 3.50. The predicted octanol–water partition coefficient (Wildman–Crippen LogP) is 2.77. The van der Waals surface area contributed by atoms with Gasteiger partial charge in [0.1, 0.15) is 18.2 Å². The lowest BCUT2D eigenvalue weighted by atomic mass is 9.87. The first-order valence-electron chi connectivity index (χ1n) is 12.8. The molecule has 10 nitrogen and oxygen atoms in total. The zero-order valence-electron chi connectivity index (χ0n) is 21.1. The first-order chi connectivity index (χ1) is 18.5. The van der Waals surface area contributed by atoms with Gasteiger partial charge in [-0.15, -0.1) is 0 Å². The fourth-order valence-electron chi connectivity index (χ4n) is 6.11. The largest absolute Gasteiger partial charge is 0.496 e. The molecule has 38 heavy (non-hydrogen) atoms. The Morgan fingerprint density at radius 2 is 1.84 bits per heavy atom. The van der Waals surface area contributed by atoms with Crippen LogP contribution in [0.3, 0.4) is 0 Å². The Balaban J connectivity index is 1.30. The Hall–Kier alpha value is -4.02. The third-order valence-corrected chi connectivity index (χ3v) is 7.91. The molecule has 3 atom stereocenters. The fraction of sp³-hybridized carbons (Fsp3) is 0.357. The van der Waals surface area contributed by atoms with Gasteiger partial charge in [0.25, 0.3) is 0 Å². The van der Waals surface area contributed by atoms with Gasteiger partial charge in [-0.25, -0.2) is 4.98 Å². The molecule has 0 aliphatic carbocycles. The second kappa shape index (κ2) is 9.70. The highest BCUT2D eigenvalue weighted by atomic mass is 16.5. The Morgan fingerprint density at radius 1 is 1.08 bits per heavy atom. The van der Waals surface area contributed by atoms with Crippen molar-refractivity contribution in [2.24, 2.45) is 0 Å². The third kappa shape index (κ3) is 4.06. The van der Waals surface area contributed by atoms with Crippen molar-refractivity contribution in [2.45, 2.75) is 50.3 Å². The molecule has 2 aliphatic heterocycles. The van der Waals surface area contributed by atoms with Crippen molar-refractivity contribution in [1.29, 1.82) is 0 Å². The maximum absolute atomic E-state index is 12.2. The van der Waals surface area contributed by atoms with E-state index in [-0.39, 0.29) is 30.5 Å². The molecule has 0 unspecified atom stereocenters. The summed E-state index contributed by atoms with van der Waals surface area (Å²) in [5, 5.41) is 23.5. The van der Waals surface area contributed by atoms with Gasteiger partial charge in [0.15, 0.2) is 5.65 Å². The zero-order valence-corrected chi connectivity index (χ0v) is 21.1. The maximum Gasteiger partial charge on any atom is 0.248 e. The van der Waals surface area contributed by atoms with Crippen LogP contribution in [0.5, 0.6) is 5.75 Å². The monoisotopic (exact) mass is 514 g/mol. The summed E-state index contributed by atoms with van der Waals surface area (Å²) in [7, 11) is 1.58. The highest BCUT2D eigenvalue weighted by Gasteiger charge is 2.43. The first-order valence-corrected chi connectivity index (χ1v) is 12.8. The Bertz CT molecular complexity index is 1490. The van der Waals surface area contributed by atoms with Gasteiger partial charge in [-0.3, -0.25) is 9.78 Å². The Labute approximate surface area is 219 Å². The van der Waals surface area contributed by atoms with E-state index in [1.54, 1.807) is 24.0 Å². The molecule has 0 radical (unpaired) electrons. The van der Waals surface area contributed by atoms with Crippen LogP contribution in [0.4, 0.5) is 5.82 Å². The SMILES string of the molecule is COc1ccc(-c2ccc(-c3cnn4c(N)cc([C@H]5C[C@H]6CC[C@@H](C5)N6C(=O)CO)nc34)cn2)cc1CO. The van der Waals surface area contributed by atoms with E-state index in [9.17, 15) is 15.0 Å². The van der Waals surface area contributed by atoms with E-state index in [1.165, 1.54) is 0 Å². The quantitative estimate of drug-likeness (QED) is 0.357. The van der Waals surface area contributed by atoms with E-state index in [4.69, 9.17) is 15.5 Å². The molecule has 1 amide bonds. The van der Waals surface area contributed by atoms with Gasteiger partial charge in [-0.2, -0.15) is 9.61 Å². The lowest BCUT2D eigenvalue weighted by molar-refractivity contribution is -0.138. The number of ether oxygens (including phenoxy) is 1. The van der Waals surface area contributed by atoms with Gasteiger partial charge in [0.2, 0.25) is 5.91 Å². The van der Waals surface area contributed by atoms with Crippen LogP contribution < -0.4 is 10.5 Å². The molecule has 2 saturated heterocycles. The molecule has 2 bridgehead atoms. The predicted molar refractivity (Wildman–Crippen MR) is 141 cm³/mol. The summed E-state index contributed by atoms with van der Waals surface area (Å²) in [6, 6.07) is 11.7. The summed E-state index contributed by atoms with van der Waals surface area (Å²) in [6.45, 7) is -0.562. The van der Waals surface area contributed by atoms with Crippen LogP contribution in [0.15, 0.2) is 48.8 Å². The average molecular weight is 515 g/mol. The van der Waals surface area contributed by atoms with Gasteiger partial charge in [-0.05, 0) is 49.9 Å². The van der Waals surface area contributed by atoms with Crippen molar-refractivity contribution < 1.29 is 19.7 Å². The number of piperidine rings is 1. The lowest BCUT2D eigenvalue weighted by Gasteiger charge is -2.38. The number of aliphatic hydroxyl groups is 2. The highest BCUT2D eigenvalue weighted by molar-refractivity contribution is 5.79. The number of carbonyl (C=O) groups excluding carboxylic acids is 1. The van der Waals surface area contributed by atoms with E-state index < -0.39 is 6.61 Å². The summed E-state index contributed by atoms with van der Waals surface area (Å²) >= 11 is 0. The number of benzene rings is 1. The molecule has 10 heteroatoms. The van der Waals surface area contributed by atoms with Crippen molar-refractivity contribution in [3.05, 3.63) is 60.0 Å². The Kier molecular flexibility index (Phi) is 6.21. The van der Waals surface area contributed by atoms with E-state index in [0.717, 1.165) is 53.8 Å². The molecular weight excluding hydrogens is 484 g/mol. The summed E-state index contributed by atoms with van der Waals surface area (Å²) < 4.78 is 6.94. The van der Waals surface area contributed by atoms with Crippen LogP contribution in [-0.4, -0.2) is 66.4 Å².